The average molecular weight is 505 g/mol. The van der Waals surface area contributed by atoms with Crippen LogP contribution in [0.1, 0.15) is 30.1 Å². The number of hydrogen-bond acceptors (Lipinski definition) is 4. The van der Waals surface area contributed by atoms with Crippen LogP contribution in [0.25, 0.3) is 0 Å². The van der Waals surface area contributed by atoms with Crippen LogP contribution in [0.4, 0.5) is 0 Å². The molecule has 0 aliphatic carbocycles. The van der Waals surface area contributed by atoms with Gasteiger partial charge in [0.25, 0.3) is 0 Å². The summed E-state index contributed by atoms with van der Waals surface area (Å²) in [6.07, 6.45) is 5.58. The molecule has 2 aromatic carbocycles. The monoisotopic (exact) mass is 505 g/mol. The maximum absolute atomic E-state index is 11.3. The fraction of sp³-hybridized carbons (Fsp3) is 0.375. The van der Waals surface area contributed by atoms with E-state index in [1.54, 1.807) is 6.08 Å². The summed E-state index contributed by atoms with van der Waals surface area (Å²) in [7, 11) is 1.41. The first kappa shape index (κ1) is 22.0. The van der Waals surface area contributed by atoms with Crippen LogP contribution in [0, 0.1) is 5.92 Å². The first-order valence-electron chi connectivity index (χ1n) is 10.0. The van der Waals surface area contributed by atoms with E-state index in [-0.39, 0.29) is 12.1 Å². The Kier molecular flexibility index (Phi) is 8.70. The van der Waals surface area contributed by atoms with E-state index in [2.05, 4.69) is 80.8 Å². The molecular weight excluding hydrogens is 477 g/mol. The molecule has 0 saturated carbocycles. The SMILES string of the molecule is COC(=O)C=CC1CCN(CCOC(c2ccccc2)c2ccccc2)C(I)C1. The molecule has 2 unspecified atom stereocenters. The van der Waals surface area contributed by atoms with Crippen LogP contribution in [0.5, 0.6) is 0 Å². The minimum Gasteiger partial charge on any atom is -0.466 e. The van der Waals surface area contributed by atoms with Crippen LogP contribution in [0.3, 0.4) is 0 Å². The number of alkyl halides is 1. The van der Waals surface area contributed by atoms with Crippen molar-refractivity contribution in [1.82, 2.24) is 4.90 Å². The molecule has 3 rings (SSSR count). The quantitative estimate of drug-likeness (QED) is 0.167. The van der Waals surface area contributed by atoms with Gasteiger partial charge in [0.2, 0.25) is 0 Å². The summed E-state index contributed by atoms with van der Waals surface area (Å²) in [6, 6.07) is 20.8. The molecule has 0 radical (unpaired) electrons. The Bertz CT molecular complexity index is 742. The summed E-state index contributed by atoms with van der Waals surface area (Å²) >= 11 is 2.50. The van der Waals surface area contributed by atoms with Crippen molar-refractivity contribution in [3.63, 3.8) is 0 Å². The van der Waals surface area contributed by atoms with Gasteiger partial charge in [0.15, 0.2) is 0 Å². The maximum atomic E-state index is 11.3. The fourth-order valence-electron chi connectivity index (χ4n) is 3.63. The Morgan fingerprint density at radius 1 is 1.14 bits per heavy atom. The zero-order valence-electron chi connectivity index (χ0n) is 16.7. The highest BCUT2D eigenvalue weighted by Gasteiger charge is 2.25. The third-order valence-electron chi connectivity index (χ3n) is 5.25. The normalized spacial score (nSPS) is 20.2. The van der Waals surface area contributed by atoms with E-state index in [1.165, 1.54) is 18.2 Å². The number of allylic oxidation sites excluding steroid dienone is 1. The summed E-state index contributed by atoms with van der Waals surface area (Å²) in [6.45, 7) is 2.59. The molecule has 1 aliphatic rings. The van der Waals surface area contributed by atoms with Gasteiger partial charge in [-0.1, -0.05) is 89.3 Å². The lowest BCUT2D eigenvalue weighted by atomic mass is 9.96. The number of likely N-dealkylation sites (tertiary alicyclic amines) is 1. The Morgan fingerprint density at radius 3 is 2.31 bits per heavy atom. The molecule has 1 saturated heterocycles. The fourth-order valence-corrected chi connectivity index (χ4v) is 4.84. The van der Waals surface area contributed by atoms with Gasteiger partial charge in [-0.25, -0.2) is 4.79 Å². The zero-order valence-corrected chi connectivity index (χ0v) is 18.9. The van der Waals surface area contributed by atoms with Crippen LogP contribution in [-0.2, 0) is 14.3 Å². The molecule has 154 valence electrons. The average Bonchev–Trinajstić information content (AvgIpc) is 2.77. The number of carbonyl (C=O) groups excluding carboxylic acids is 1. The van der Waals surface area contributed by atoms with E-state index in [4.69, 9.17) is 4.74 Å². The van der Waals surface area contributed by atoms with Crippen molar-refractivity contribution in [2.24, 2.45) is 5.92 Å². The number of piperidine rings is 1. The standard InChI is InChI=1S/C24H28INO3/c1-28-23(27)13-12-19-14-15-26(22(25)18-19)16-17-29-24(20-8-4-2-5-9-20)21-10-6-3-7-11-21/h2-13,19,22,24H,14-18H2,1H3. The summed E-state index contributed by atoms with van der Waals surface area (Å²) in [5, 5.41) is 0. The summed E-state index contributed by atoms with van der Waals surface area (Å²) in [5.41, 5.74) is 2.35. The van der Waals surface area contributed by atoms with Gasteiger partial charge in [-0.3, -0.25) is 4.90 Å². The highest BCUT2D eigenvalue weighted by Crippen LogP contribution is 2.29. The van der Waals surface area contributed by atoms with Gasteiger partial charge in [-0.05, 0) is 36.4 Å². The molecule has 29 heavy (non-hydrogen) atoms. The minimum atomic E-state index is -0.279. The molecule has 4 nitrogen and oxygen atoms in total. The molecule has 0 N–H and O–H groups in total. The second kappa shape index (κ2) is 11.5. The number of rotatable bonds is 8. The largest absolute Gasteiger partial charge is 0.466 e. The lowest BCUT2D eigenvalue weighted by Gasteiger charge is -2.35. The maximum Gasteiger partial charge on any atom is 0.330 e. The predicted octanol–water partition coefficient (Wildman–Crippen LogP) is 4.99. The van der Waals surface area contributed by atoms with Crippen molar-refractivity contribution in [1.29, 1.82) is 0 Å². The summed E-state index contributed by atoms with van der Waals surface area (Å²) in [5.74, 6) is 0.147. The number of halogens is 1. The Balaban J connectivity index is 1.54. The number of carbonyl (C=O) groups is 1. The molecule has 0 amide bonds. The molecule has 2 aromatic rings. The number of ether oxygens (including phenoxy) is 2. The van der Waals surface area contributed by atoms with Crippen LogP contribution in [0.15, 0.2) is 72.8 Å². The number of benzene rings is 2. The third-order valence-corrected chi connectivity index (χ3v) is 6.55. The van der Waals surface area contributed by atoms with Crippen molar-refractivity contribution in [2.75, 3.05) is 26.8 Å². The van der Waals surface area contributed by atoms with Crippen LogP contribution >= 0.6 is 22.6 Å². The van der Waals surface area contributed by atoms with Crippen LogP contribution in [-0.4, -0.2) is 41.7 Å². The molecule has 0 bridgehead atoms. The predicted molar refractivity (Wildman–Crippen MR) is 124 cm³/mol. The van der Waals surface area contributed by atoms with Crippen molar-refractivity contribution in [3.05, 3.63) is 83.9 Å². The number of hydrogen-bond donors (Lipinski definition) is 0. The van der Waals surface area contributed by atoms with E-state index >= 15 is 0 Å². The van der Waals surface area contributed by atoms with E-state index < -0.39 is 0 Å². The van der Waals surface area contributed by atoms with Gasteiger partial charge in [-0.2, -0.15) is 0 Å². The topological polar surface area (TPSA) is 38.8 Å². The molecule has 0 aromatic heterocycles. The number of esters is 1. The molecule has 5 heteroatoms. The highest BCUT2D eigenvalue weighted by molar-refractivity contribution is 14.1. The van der Waals surface area contributed by atoms with Gasteiger partial charge in [-0.15, -0.1) is 0 Å². The first-order chi connectivity index (χ1) is 14.2. The van der Waals surface area contributed by atoms with E-state index in [1.807, 2.05) is 18.2 Å². The number of methoxy groups -OCH3 is 1. The van der Waals surface area contributed by atoms with Crippen LogP contribution in [0.2, 0.25) is 0 Å². The second-order valence-corrected chi connectivity index (χ2v) is 8.65. The minimum absolute atomic E-state index is 0.0504. The third kappa shape index (κ3) is 6.66. The lowest BCUT2D eigenvalue weighted by Crippen LogP contribution is -2.40. The van der Waals surface area contributed by atoms with Gasteiger partial charge in [0.1, 0.15) is 6.10 Å². The molecule has 2 atom stereocenters. The molecule has 0 spiro atoms. The summed E-state index contributed by atoms with van der Waals surface area (Å²) in [4.78, 5) is 13.8. The van der Waals surface area contributed by atoms with Crippen molar-refractivity contribution in [2.45, 2.75) is 23.0 Å². The zero-order chi connectivity index (χ0) is 20.5. The molecule has 1 heterocycles. The Labute approximate surface area is 187 Å². The lowest BCUT2D eigenvalue weighted by molar-refractivity contribution is -0.134. The second-order valence-electron chi connectivity index (χ2n) is 7.21. The van der Waals surface area contributed by atoms with E-state index in [0.29, 0.717) is 16.6 Å². The van der Waals surface area contributed by atoms with Crippen LogP contribution < -0.4 is 0 Å². The molecule has 1 fully saturated rings. The van der Waals surface area contributed by atoms with Crippen molar-refractivity contribution < 1.29 is 14.3 Å². The Hall–Kier alpha value is -1.70. The molecular formula is C24H28INO3. The van der Waals surface area contributed by atoms with E-state index in [0.717, 1.165) is 25.9 Å². The summed E-state index contributed by atoms with van der Waals surface area (Å²) < 4.78 is 11.5. The van der Waals surface area contributed by atoms with Gasteiger partial charge < -0.3 is 9.47 Å². The van der Waals surface area contributed by atoms with E-state index in [9.17, 15) is 4.79 Å². The Morgan fingerprint density at radius 2 is 1.76 bits per heavy atom. The number of nitrogens with zero attached hydrogens (tertiary/aromatic N) is 1. The van der Waals surface area contributed by atoms with Crippen molar-refractivity contribution in [3.8, 4) is 0 Å². The first-order valence-corrected chi connectivity index (χ1v) is 11.3. The van der Waals surface area contributed by atoms with Gasteiger partial charge in [0.05, 0.1) is 17.8 Å². The highest BCUT2D eigenvalue weighted by atomic mass is 127. The van der Waals surface area contributed by atoms with Crippen molar-refractivity contribution >= 4 is 28.6 Å². The molecule has 1 aliphatic heterocycles. The smallest absolute Gasteiger partial charge is 0.330 e. The van der Waals surface area contributed by atoms with Gasteiger partial charge >= 0.3 is 5.97 Å². The van der Waals surface area contributed by atoms with Gasteiger partial charge in [0, 0.05) is 12.6 Å².